The molecule has 1 amide bonds. The van der Waals surface area contributed by atoms with Crippen molar-refractivity contribution in [2.75, 3.05) is 13.2 Å². The van der Waals surface area contributed by atoms with Crippen molar-refractivity contribution in [3.05, 3.63) is 0 Å². The number of amides is 1. The highest BCUT2D eigenvalue weighted by atomic mass is 16.3. The largest absolute Gasteiger partial charge is 0.396 e. The van der Waals surface area contributed by atoms with Crippen molar-refractivity contribution in [3.63, 3.8) is 0 Å². The van der Waals surface area contributed by atoms with Crippen LogP contribution in [0.1, 0.15) is 51.4 Å². The predicted molar refractivity (Wildman–Crippen MR) is 70.0 cm³/mol. The zero-order valence-electron chi connectivity index (χ0n) is 11.2. The van der Waals surface area contributed by atoms with Crippen molar-refractivity contribution in [2.24, 2.45) is 17.8 Å². The molecule has 0 bridgehead atoms. The van der Waals surface area contributed by atoms with Crippen molar-refractivity contribution in [2.45, 2.75) is 57.4 Å². The molecule has 2 atom stereocenters. The van der Waals surface area contributed by atoms with Gasteiger partial charge in [0.25, 0.3) is 0 Å². The molecule has 1 N–H and O–H groups in total. The molecule has 3 saturated carbocycles. The maximum atomic E-state index is 12.7. The third-order valence-corrected chi connectivity index (χ3v) is 5.30. The first-order chi connectivity index (χ1) is 8.83. The van der Waals surface area contributed by atoms with E-state index in [1.54, 1.807) is 0 Å². The van der Waals surface area contributed by atoms with Gasteiger partial charge in [-0.3, -0.25) is 4.79 Å². The molecule has 3 nitrogen and oxygen atoms in total. The molecule has 0 aromatic carbocycles. The second-order valence-corrected chi connectivity index (χ2v) is 6.33. The summed E-state index contributed by atoms with van der Waals surface area (Å²) in [5.41, 5.74) is 0. The van der Waals surface area contributed by atoms with Crippen LogP contribution in [0.25, 0.3) is 0 Å². The molecular formula is C15H25NO2. The number of carbonyl (C=O) groups is 1. The number of aliphatic hydroxyl groups is 1. The average molecular weight is 251 g/mol. The first kappa shape index (κ1) is 12.5. The molecule has 0 spiro atoms. The molecule has 0 radical (unpaired) electrons. The Morgan fingerprint density at radius 1 is 1.06 bits per heavy atom. The van der Waals surface area contributed by atoms with Crippen LogP contribution in [0.15, 0.2) is 0 Å². The van der Waals surface area contributed by atoms with Crippen LogP contribution in [0.2, 0.25) is 0 Å². The Labute approximate surface area is 110 Å². The number of hydrogen-bond donors (Lipinski definition) is 1. The minimum Gasteiger partial charge on any atom is -0.396 e. The van der Waals surface area contributed by atoms with Gasteiger partial charge in [0.15, 0.2) is 0 Å². The molecule has 3 aliphatic carbocycles. The van der Waals surface area contributed by atoms with Crippen LogP contribution in [0, 0.1) is 17.8 Å². The van der Waals surface area contributed by atoms with Crippen molar-refractivity contribution in [3.8, 4) is 0 Å². The van der Waals surface area contributed by atoms with E-state index in [1.165, 1.54) is 44.9 Å². The lowest BCUT2D eigenvalue weighted by atomic mass is 9.91. The highest BCUT2D eigenvalue weighted by Crippen LogP contribution is 2.56. The Hall–Kier alpha value is -0.570. The molecule has 0 heterocycles. The lowest BCUT2D eigenvalue weighted by Gasteiger charge is -2.38. The average Bonchev–Trinajstić information content (AvgIpc) is 3.05. The zero-order chi connectivity index (χ0) is 12.5. The summed E-state index contributed by atoms with van der Waals surface area (Å²) in [7, 11) is 0. The lowest BCUT2D eigenvalue weighted by Crippen LogP contribution is -2.46. The van der Waals surface area contributed by atoms with Crippen molar-refractivity contribution < 1.29 is 9.90 Å². The fourth-order valence-corrected chi connectivity index (χ4v) is 3.96. The van der Waals surface area contributed by atoms with Gasteiger partial charge in [-0.2, -0.15) is 0 Å². The summed E-state index contributed by atoms with van der Waals surface area (Å²) in [6.07, 6.45) is 9.57. The number of nitrogens with zero attached hydrogens (tertiary/aromatic N) is 1. The van der Waals surface area contributed by atoms with Gasteiger partial charge in [0.1, 0.15) is 0 Å². The minimum absolute atomic E-state index is 0.202. The Kier molecular flexibility index (Phi) is 3.60. The monoisotopic (exact) mass is 251 g/mol. The fraction of sp³-hybridized carbons (Fsp3) is 0.933. The molecule has 0 aliphatic heterocycles. The Bertz CT molecular complexity index is 302. The van der Waals surface area contributed by atoms with Gasteiger partial charge in [0, 0.05) is 25.1 Å². The SMILES string of the molecule is O=C(C1C2CCCCC21)N(CCCO)C1CCC1. The molecular weight excluding hydrogens is 226 g/mol. The van der Waals surface area contributed by atoms with Crippen LogP contribution < -0.4 is 0 Å². The van der Waals surface area contributed by atoms with Gasteiger partial charge in [-0.15, -0.1) is 0 Å². The zero-order valence-corrected chi connectivity index (χ0v) is 11.2. The quantitative estimate of drug-likeness (QED) is 0.813. The third kappa shape index (κ3) is 2.18. The Morgan fingerprint density at radius 3 is 2.22 bits per heavy atom. The summed E-state index contributed by atoms with van der Waals surface area (Å²) in [6.45, 7) is 0.976. The third-order valence-electron chi connectivity index (χ3n) is 5.30. The Balaban J connectivity index is 1.60. The highest BCUT2D eigenvalue weighted by molar-refractivity contribution is 5.82. The normalized spacial score (nSPS) is 34.6. The van der Waals surface area contributed by atoms with Crippen molar-refractivity contribution in [1.82, 2.24) is 4.90 Å². The van der Waals surface area contributed by atoms with E-state index in [4.69, 9.17) is 5.11 Å². The van der Waals surface area contributed by atoms with Crippen molar-refractivity contribution >= 4 is 5.91 Å². The highest BCUT2D eigenvalue weighted by Gasteiger charge is 2.56. The smallest absolute Gasteiger partial charge is 0.226 e. The van der Waals surface area contributed by atoms with Crippen LogP contribution in [-0.2, 0) is 4.79 Å². The fourth-order valence-electron chi connectivity index (χ4n) is 3.96. The summed E-state index contributed by atoms with van der Waals surface area (Å²) in [4.78, 5) is 14.8. The van der Waals surface area contributed by atoms with E-state index in [0.29, 0.717) is 29.7 Å². The number of carbonyl (C=O) groups excluding carboxylic acids is 1. The van der Waals surface area contributed by atoms with Gasteiger partial charge in [-0.25, -0.2) is 0 Å². The summed E-state index contributed by atoms with van der Waals surface area (Å²) >= 11 is 0. The first-order valence-corrected chi connectivity index (χ1v) is 7.74. The predicted octanol–water partition coefficient (Wildman–Crippen LogP) is 2.19. The van der Waals surface area contributed by atoms with Crippen LogP contribution in [-0.4, -0.2) is 35.1 Å². The first-order valence-electron chi connectivity index (χ1n) is 7.74. The van der Waals surface area contributed by atoms with Crippen LogP contribution in [0.5, 0.6) is 0 Å². The van der Waals surface area contributed by atoms with Gasteiger partial charge >= 0.3 is 0 Å². The molecule has 3 aliphatic rings. The number of fused-ring (bicyclic) bond motifs is 1. The van der Waals surface area contributed by atoms with E-state index in [9.17, 15) is 4.79 Å². The molecule has 0 saturated heterocycles. The maximum Gasteiger partial charge on any atom is 0.226 e. The molecule has 0 aromatic rings. The van der Waals surface area contributed by atoms with Gasteiger partial charge in [0.2, 0.25) is 5.91 Å². The van der Waals surface area contributed by atoms with E-state index in [2.05, 4.69) is 4.90 Å². The van der Waals surface area contributed by atoms with Crippen molar-refractivity contribution in [1.29, 1.82) is 0 Å². The van der Waals surface area contributed by atoms with E-state index in [-0.39, 0.29) is 6.61 Å². The molecule has 2 unspecified atom stereocenters. The second-order valence-electron chi connectivity index (χ2n) is 6.33. The molecule has 0 aromatic heterocycles. The minimum atomic E-state index is 0.202. The maximum absolute atomic E-state index is 12.7. The Morgan fingerprint density at radius 2 is 1.72 bits per heavy atom. The van der Waals surface area contributed by atoms with E-state index >= 15 is 0 Å². The van der Waals surface area contributed by atoms with Gasteiger partial charge in [0.05, 0.1) is 0 Å². The molecule has 102 valence electrons. The summed E-state index contributed by atoms with van der Waals surface area (Å²) in [5.74, 6) is 2.20. The van der Waals surface area contributed by atoms with E-state index < -0.39 is 0 Å². The van der Waals surface area contributed by atoms with Crippen LogP contribution in [0.3, 0.4) is 0 Å². The van der Waals surface area contributed by atoms with E-state index in [1.807, 2.05) is 0 Å². The standard InChI is InChI=1S/C15H25NO2/c17-10-4-9-16(11-5-3-6-11)15(18)14-12-7-1-2-8-13(12)14/h11-14,17H,1-10H2. The van der Waals surface area contributed by atoms with Gasteiger partial charge in [-0.1, -0.05) is 12.8 Å². The lowest BCUT2D eigenvalue weighted by molar-refractivity contribution is -0.137. The number of rotatable bonds is 5. The molecule has 3 rings (SSSR count). The topological polar surface area (TPSA) is 40.5 Å². The summed E-state index contributed by atoms with van der Waals surface area (Å²) < 4.78 is 0. The molecule has 3 fully saturated rings. The number of hydrogen-bond acceptors (Lipinski definition) is 2. The van der Waals surface area contributed by atoms with Crippen LogP contribution >= 0.6 is 0 Å². The van der Waals surface area contributed by atoms with E-state index in [0.717, 1.165) is 13.0 Å². The summed E-state index contributed by atoms with van der Waals surface area (Å²) in [5, 5.41) is 8.99. The van der Waals surface area contributed by atoms with Gasteiger partial charge < -0.3 is 10.0 Å². The van der Waals surface area contributed by atoms with Crippen LogP contribution in [0.4, 0.5) is 0 Å². The second kappa shape index (κ2) is 5.20. The summed E-state index contributed by atoms with van der Waals surface area (Å²) in [6, 6.07) is 0.492. The molecule has 18 heavy (non-hydrogen) atoms. The molecule has 3 heteroatoms. The van der Waals surface area contributed by atoms with Gasteiger partial charge in [-0.05, 0) is 50.4 Å². The number of aliphatic hydroxyl groups excluding tert-OH is 1.